The molecule has 0 aromatic carbocycles. The van der Waals surface area contributed by atoms with Crippen LogP contribution < -0.4 is 0 Å². The maximum Gasteiger partial charge on any atom is 0.445 e. The minimum absolute atomic E-state index is 2.19. The molecule has 0 N–H and O–H groups in total. The Morgan fingerprint density at radius 3 is 1.46 bits per heavy atom. The molecule has 0 spiro atoms. The first kappa shape index (κ1) is 12.4. The van der Waals surface area contributed by atoms with Gasteiger partial charge in [-0.2, -0.15) is 22.0 Å². The molecule has 0 saturated heterocycles. The van der Waals surface area contributed by atoms with E-state index in [9.17, 15) is 35.1 Å². The lowest BCUT2D eigenvalue weighted by Gasteiger charge is -2.19. The summed E-state index contributed by atoms with van der Waals surface area (Å²) >= 11 is 0. The highest BCUT2D eigenvalue weighted by atomic mass is 19.4. The monoisotopic (exact) mass is 218 g/mol. The highest BCUT2D eigenvalue weighted by Crippen LogP contribution is 2.32. The van der Waals surface area contributed by atoms with E-state index in [1.807, 2.05) is 0 Å². The van der Waals surface area contributed by atoms with Crippen LogP contribution in [0.5, 0.6) is 0 Å². The van der Waals surface area contributed by atoms with E-state index in [1.165, 1.54) is 0 Å². The lowest BCUT2D eigenvalue weighted by atomic mass is 10.6. The van der Waals surface area contributed by atoms with Crippen molar-refractivity contribution in [2.24, 2.45) is 0 Å². The van der Waals surface area contributed by atoms with E-state index in [4.69, 9.17) is 0 Å². The normalized spacial score (nSPS) is 16.4. The zero-order valence-electron chi connectivity index (χ0n) is 5.59. The second-order valence-electron chi connectivity index (χ2n) is 1.84. The molecule has 80 valence electrons. The van der Waals surface area contributed by atoms with Crippen molar-refractivity contribution in [3.63, 3.8) is 0 Å². The van der Waals surface area contributed by atoms with E-state index < -0.39 is 25.1 Å². The predicted octanol–water partition coefficient (Wildman–Crippen LogP) is 2.72. The van der Waals surface area contributed by atoms with Crippen LogP contribution in [0.1, 0.15) is 0 Å². The van der Waals surface area contributed by atoms with Crippen LogP contribution >= 0.6 is 0 Å². The SMILES string of the molecule is FC(OC(F)(F)C(F)F)C(F)(F)F. The Morgan fingerprint density at radius 2 is 1.23 bits per heavy atom. The molecule has 13 heavy (non-hydrogen) atoms. The Bertz CT molecular complexity index is 162. The summed E-state index contributed by atoms with van der Waals surface area (Å²) in [5, 5.41) is 0. The van der Waals surface area contributed by atoms with Gasteiger partial charge in [0.2, 0.25) is 0 Å². The van der Waals surface area contributed by atoms with Crippen LogP contribution in [-0.4, -0.2) is 25.1 Å². The first-order chi connectivity index (χ1) is 5.57. The van der Waals surface area contributed by atoms with Gasteiger partial charge in [0.25, 0.3) is 6.36 Å². The van der Waals surface area contributed by atoms with E-state index >= 15 is 0 Å². The van der Waals surface area contributed by atoms with E-state index in [-0.39, 0.29) is 0 Å². The molecule has 0 heterocycles. The first-order valence-corrected chi connectivity index (χ1v) is 2.62. The Morgan fingerprint density at radius 1 is 0.846 bits per heavy atom. The third-order valence-electron chi connectivity index (χ3n) is 0.772. The van der Waals surface area contributed by atoms with Crippen molar-refractivity contribution in [2.75, 3.05) is 0 Å². The molecule has 0 aliphatic heterocycles. The van der Waals surface area contributed by atoms with Gasteiger partial charge in [0.1, 0.15) is 0 Å². The van der Waals surface area contributed by atoms with E-state index in [2.05, 4.69) is 4.74 Å². The Kier molecular flexibility index (Phi) is 3.47. The molecule has 1 atom stereocenters. The number of hydrogen-bond acceptors (Lipinski definition) is 1. The molecule has 0 bridgehead atoms. The molecule has 9 heteroatoms. The van der Waals surface area contributed by atoms with Crippen molar-refractivity contribution in [3.8, 4) is 0 Å². The van der Waals surface area contributed by atoms with Gasteiger partial charge in [-0.25, -0.2) is 13.2 Å². The van der Waals surface area contributed by atoms with Gasteiger partial charge < -0.3 is 0 Å². The second-order valence-corrected chi connectivity index (χ2v) is 1.84. The third kappa shape index (κ3) is 3.75. The molecule has 1 nitrogen and oxygen atoms in total. The summed E-state index contributed by atoms with van der Waals surface area (Å²) in [6.07, 6.45) is -20.2. The highest BCUT2D eigenvalue weighted by Gasteiger charge is 2.52. The van der Waals surface area contributed by atoms with E-state index in [1.54, 1.807) is 0 Å². The van der Waals surface area contributed by atoms with Crippen molar-refractivity contribution in [1.29, 1.82) is 0 Å². The lowest BCUT2D eigenvalue weighted by molar-refractivity contribution is -0.384. The maximum atomic E-state index is 11.6. The fourth-order valence-electron chi connectivity index (χ4n) is 0.256. The molecule has 0 radical (unpaired) electrons. The number of halogens is 8. The fourth-order valence-corrected chi connectivity index (χ4v) is 0.256. The molecule has 0 aliphatic rings. The summed E-state index contributed by atoms with van der Waals surface area (Å²) in [7, 11) is 0. The Balaban J connectivity index is 4.28. The van der Waals surface area contributed by atoms with Gasteiger partial charge in [-0.3, -0.25) is 4.74 Å². The average molecular weight is 218 g/mol. The van der Waals surface area contributed by atoms with Crippen molar-refractivity contribution in [3.05, 3.63) is 0 Å². The van der Waals surface area contributed by atoms with Gasteiger partial charge in [0.15, 0.2) is 0 Å². The van der Waals surface area contributed by atoms with Crippen molar-refractivity contribution < 1.29 is 39.9 Å². The lowest BCUT2D eigenvalue weighted by Crippen LogP contribution is -2.39. The van der Waals surface area contributed by atoms with Gasteiger partial charge >= 0.3 is 18.7 Å². The summed E-state index contributed by atoms with van der Waals surface area (Å²) in [5.74, 6) is 0. The van der Waals surface area contributed by atoms with Crippen LogP contribution in [0, 0.1) is 0 Å². The third-order valence-corrected chi connectivity index (χ3v) is 0.772. The molecular formula is C4H2F8O. The zero-order valence-corrected chi connectivity index (χ0v) is 5.59. The van der Waals surface area contributed by atoms with E-state index in [0.717, 1.165) is 0 Å². The number of hydrogen-bond donors (Lipinski definition) is 0. The number of rotatable bonds is 3. The second kappa shape index (κ2) is 3.64. The molecule has 0 saturated carbocycles. The fraction of sp³-hybridized carbons (Fsp3) is 1.00. The molecule has 0 fully saturated rings. The minimum Gasteiger partial charge on any atom is -0.272 e. The Hall–Kier alpha value is -0.600. The van der Waals surface area contributed by atoms with Crippen molar-refractivity contribution in [2.45, 2.75) is 25.1 Å². The summed E-state index contributed by atoms with van der Waals surface area (Å²) < 4.78 is 92.8. The summed E-state index contributed by atoms with van der Waals surface area (Å²) in [4.78, 5) is 0. The van der Waals surface area contributed by atoms with Crippen molar-refractivity contribution >= 4 is 0 Å². The number of alkyl halides is 8. The van der Waals surface area contributed by atoms with Gasteiger partial charge in [0.05, 0.1) is 0 Å². The Labute approximate surface area is 66.3 Å². The minimum atomic E-state index is -5.75. The highest BCUT2D eigenvalue weighted by molar-refractivity contribution is 4.61. The van der Waals surface area contributed by atoms with Gasteiger partial charge in [0, 0.05) is 0 Å². The van der Waals surface area contributed by atoms with Gasteiger partial charge in [-0.1, -0.05) is 0 Å². The zero-order chi connectivity index (χ0) is 10.9. The van der Waals surface area contributed by atoms with Gasteiger partial charge in [-0.15, -0.1) is 0 Å². The molecule has 0 aliphatic carbocycles. The predicted molar refractivity (Wildman–Crippen MR) is 23.0 cm³/mol. The number of ether oxygens (including phenoxy) is 1. The topological polar surface area (TPSA) is 9.23 Å². The van der Waals surface area contributed by atoms with Crippen LogP contribution in [-0.2, 0) is 4.74 Å². The van der Waals surface area contributed by atoms with Crippen LogP contribution in [0.15, 0.2) is 0 Å². The maximum absolute atomic E-state index is 11.6. The largest absolute Gasteiger partial charge is 0.445 e. The summed E-state index contributed by atoms with van der Waals surface area (Å²) in [5.41, 5.74) is 0. The average Bonchev–Trinajstić information content (AvgIpc) is 1.83. The van der Waals surface area contributed by atoms with Crippen LogP contribution in [0.4, 0.5) is 35.1 Å². The first-order valence-electron chi connectivity index (χ1n) is 2.62. The molecule has 1 unspecified atom stereocenters. The summed E-state index contributed by atoms with van der Waals surface area (Å²) in [6.45, 7) is 0. The van der Waals surface area contributed by atoms with Crippen LogP contribution in [0.3, 0.4) is 0 Å². The van der Waals surface area contributed by atoms with E-state index in [0.29, 0.717) is 0 Å². The molecule has 0 amide bonds. The van der Waals surface area contributed by atoms with Gasteiger partial charge in [-0.05, 0) is 0 Å². The molecular weight excluding hydrogens is 216 g/mol. The molecule has 0 aromatic rings. The quantitative estimate of drug-likeness (QED) is 0.661. The molecule has 0 aromatic heterocycles. The molecule has 0 rings (SSSR count). The smallest absolute Gasteiger partial charge is 0.272 e. The van der Waals surface area contributed by atoms with Crippen molar-refractivity contribution in [1.82, 2.24) is 0 Å². The summed E-state index contributed by atoms with van der Waals surface area (Å²) in [6, 6.07) is 0. The van der Waals surface area contributed by atoms with Crippen LogP contribution in [0.25, 0.3) is 0 Å². The standard InChI is InChI=1S/C4H2F8O/c5-1(6)4(11,12)13-2(7)3(8,9)10/h1-2H. The van der Waals surface area contributed by atoms with Crippen LogP contribution in [0.2, 0.25) is 0 Å².